The van der Waals surface area contributed by atoms with Crippen LogP contribution >= 0.6 is 11.8 Å². The molecule has 1 rings (SSSR count). The van der Waals surface area contributed by atoms with Crippen molar-refractivity contribution in [2.24, 2.45) is 10.9 Å². The van der Waals surface area contributed by atoms with E-state index in [-0.39, 0.29) is 5.54 Å². The minimum Gasteiger partial charge on any atom is -0.360 e. The summed E-state index contributed by atoms with van der Waals surface area (Å²) in [5.74, 6) is 1.80. The Morgan fingerprint density at radius 1 is 1.57 bits per heavy atom. The first kappa shape index (κ1) is 11.9. The molecule has 82 valence electrons. The van der Waals surface area contributed by atoms with E-state index in [4.69, 9.17) is 0 Å². The average Bonchev–Trinajstić information content (AvgIpc) is 2.52. The molecule has 0 spiro atoms. The highest BCUT2D eigenvalue weighted by molar-refractivity contribution is 8.14. The van der Waals surface area contributed by atoms with Crippen LogP contribution in [0.3, 0.4) is 0 Å². The van der Waals surface area contributed by atoms with Crippen LogP contribution in [0.25, 0.3) is 0 Å². The molecule has 14 heavy (non-hydrogen) atoms. The first-order valence-corrected chi connectivity index (χ1v) is 6.42. The molecule has 1 aliphatic heterocycles. The quantitative estimate of drug-likeness (QED) is 0.781. The number of amidine groups is 1. The van der Waals surface area contributed by atoms with Crippen LogP contribution < -0.4 is 5.32 Å². The summed E-state index contributed by atoms with van der Waals surface area (Å²) in [6, 6.07) is 0.509. The highest BCUT2D eigenvalue weighted by Gasteiger charge is 2.24. The van der Waals surface area contributed by atoms with Crippen molar-refractivity contribution in [3.05, 3.63) is 0 Å². The van der Waals surface area contributed by atoms with E-state index in [1.165, 1.54) is 0 Å². The highest BCUT2D eigenvalue weighted by Crippen LogP contribution is 2.23. The summed E-state index contributed by atoms with van der Waals surface area (Å²) in [6.07, 6.45) is 1.12. The van der Waals surface area contributed by atoms with E-state index >= 15 is 0 Å². The summed E-state index contributed by atoms with van der Waals surface area (Å²) in [5.41, 5.74) is 0.178. The number of nitrogens with zero attached hydrogens (tertiary/aromatic N) is 1. The van der Waals surface area contributed by atoms with Crippen LogP contribution in [-0.4, -0.2) is 22.5 Å². The summed E-state index contributed by atoms with van der Waals surface area (Å²) in [7, 11) is 0. The molecule has 0 fully saturated rings. The predicted molar refractivity (Wildman–Crippen MR) is 66.0 cm³/mol. The molecular weight excluding hydrogens is 192 g/mol. The molecule has 0 aromatic heterocycles. The molecule has 0 saturated heterocycles. The largest absolute Gasteiger partial charge is 0.360 e. The zero-order chi connectivity index (χ0) is 10.8. The van der Waals surface area contributed by atoms with Crippen LogP contribution in [0.1, 0.15) is 41.0 Å². The molecule has 3 heteroatoms. The Balaban J connectivity index is 2.52. The van der Waals surface area contributed by atoms with Crippen LogP contribution in [0, 0.1) is 5.92 Å². The highest BCUT2D eigenvalue weighted by atomic mass is 32.2. The maximum atomic E-state index is 4.69. The van der Waals surface area contributed by atoms with Gasteiger partial charge in [-0.2, -0.15) is 0 Å². The molecule has 1 atom stereocenters. The Morgan fingerprint density at radius 3 is 2.64 bits per heavy atom. The van der Waals surface area contributed by atoms with Gasteiger partial charge in [0.2, 0.25) is 0 Å². The molecule has 0 amide bonds. The van der Waals surface area contributed by atoms with Gasteiger partial charge in [-0.1, -0.05) is 32.5 Å². The number of thioether (sulfide) groups is 1. The molecule has 0 radical (unpaired) electrons. The molecule has 1 N–H and O–H groups in total. The number of hydrogen-bond donors (Lipinski definition) is 1. The van der Waals surface area contributed by atoms with Gasteiger partial charge in [-0.25, -0.2) is 0 Å². The van der Waals surface area contributed by atoms with Gasteiger partial charge in [-0.15, -0.1) is 0 Å². The molecule has 1 aliphatic rings. The van der Waals surface area contributed by atoms with Gasteiger partial charge in [-0.05, 0) is 26.2 Å². The summed E-state index contributed by atoms with van der Waals surface area (Å²) in [4.78, 5) is 4.69. The van der Waals surface area contributed by atoms with Gasteiger partial charge in [0.1, 0.15) is 0 Å². The second-order valence-corrected chi connectivity index (χ2v) is 5.93. The Hall–Kier alpha value is -0.180. The molecule has 0 aromatic carbocycles. The zero-order valence-electron chi connectivity index (χ0n) is 9.92. The first-order chi connectivity index (χ1) is 6.44. The van der Waals surface area contributed by atoms with E-state index in [1.54, 1.807) is 0 Å². The molecular formula is C11H22N2S. The van der Waals surface area contributed by atoms with E-state index in [0.29, 0.717) is 12.0 Å². The van der Waals surface area contributed by atoms with Crippen LogP contribution in [0.2, 0.25) is 0 Å². The molecule has 2 nitrogen and oxygen atoms in total. The van der Waals surface area contributed by atoms with E-state index in [2.05, 4.69) is 44.9 Å². The second-order valence-electron chi connectivity index (χ2n) is 4.92. The lowest BCUT2D eigenvalue weighted by Crippen LogP contribution is -2.41. The van der Waals surface area contributed by atoms with Crippen molar-refractivity contribution in [2.75, 3.05) is 5.75 Å². The summed E-state index contributed by atoms with van der Waals surface area (Å²) in [5, 5.41) is 4.64. The van der Waals surface area contributed by atoms with Gasteiger partial charge < -0.3 is 5.32 Å². The molecule has 0 saturated carbocycles. The van der Waals surface area contributed by atoms with Gasteiger partial charge >= 0.3 is 0 Å². The van der Waals surface area contributed by atoms with Crippen molar-refractivity contribution in [3.63, 3.8) is 0 Å². The molecule has 0 aromatic rings. The van der Waals surface area contributed by atoms with Crippen molar-refractivity contribution < 1.29 is 0 Å². The predicted octanol–water partition coefficient (Wildman–Crippen LogP) is 2.89. The Kier molecular flexibility index (Phi) is 3.87. The van der Waals surface area contributed by atoms with Gasteiger partial charge in [0.05, 0.1) is 6.04 Å². The van der Waals surface area contributed by atoms with E-state index < -0.39 is 0 Å². The van der Waals surface area contributed by atoms with E-state index in [9.17, 15) is 0 Å². The fraction of sp³-hybridized carbons (Fsp3) is 0.909. The van der Waals surface area contributed by atoms with Crippen LogP contribution in [-0.2, 0) is 0 Å². The molecule has 0 bridgehead atoms. The zero-order valence-corrected chi connectivity index (χ0v) is 10.7. The van der Waals surface area contributed by atoms with E-state index in [1.807, 2.05) is 11.8 Å². The Morgan fingerprint density at radius 2 is 2.21 bits per heavy atom. The SMILES string of the molecule is CCC(C)(C)NC1=NC(C(C)C)CS1. The first-order valence-electron chi connectivity index (χ1n) is 5.43. The monoisotopic (exact) mass is 214 g/mol. The van der Waals surface area contributed by atoms with Crippen LogP contribution in [0.15, 0.2) is 4.99 Å². The van der Waals surface area contributed by atoms with Crippen molar-refractivity contribution in [1.82, 2.24) is 5.32 Å². The van der Waals surface area contributed by atoms with Crippen molar-refractivity contribution in [1.29, 1.82) is 0 Å². The Bertz CT molecular complexity index is 221. The third-order valence-electron chi connectivity index (χ3n) is 2.77. The minimum absolute atomic E-state index is 0.178. The smallest absolute Gasteiger partial charge is 0.157 e. The van der Waals surface area contributed by atoms with Gasteiger partial charge in [0.25, 0.3) is 0 Å². The fourth-order valence-electron chi connectivity index (χ4n) is 1.18. The van der Waals surface area contributed by atoms with Crippen molar-refractivity contribution in [2.45, 2.75) is 52.6 Å². The van der Waals surface area contributed by atoms with E-state index in [0.717, 1.165) is 17.3 Å². The topological polar surface area (TPSA) is 24.4 Å². The average molecular weight is 214 g/mol. The van der Waals surface area contributed by atoms with Gasteiger partial charge in [0.15, 0.2) is 5.17 Å². The normalized spacial score (nSPS) is 22.7. The van der Waals surface area contributed by atoms with Crippen LogP contribution in [0.5, 0.6) is 0 Å². The lowest BCUT2D eigenvalue weighted by Gasteiger charge is -2.25. The van der Waals surface area contributed by atoms with Gasteiger partial charge in [0, 0.05) is 11.3 Å². The second kappa shape index (κ2) is 4.56. The lowest BCUT2D eigenvalue weighted by atomic mass is 10.0. The summed E-state index contributed by atoms with van der Waals surface area (Å²) in [6.45, 7) is 11.1. The maximum absolute atomic E-state index is 4.69. The maximum Gasteiger partial charge on any atom is 0.157 e. The molecule has 1 heterocycles. The molecule has 0 aliphatic carbocycles. The summed E-state index contributed by atoms with van der Waals surface area (Å²) >= 11 is 1.86. The Labute approximate surface area is 92.0 Å². The standard InChI is InChI=1S/C11H22N2S/c1-6-11(4,5)13-10-12-9(7-14-10)8(2)3/h8-9H,6-7H2,1-5H3,(H,12,13). The minimum atomic E-state index is 0.178. The van der Waals surface area contributed by atoms with Crippen molar-refractivity contribution in [3.8, 4) is 0 Å². The summed E-state index contributed by atoms with van der Waals surface area (Å²) < 4.78 is 0. The number of nitrogens with one attached hydrogen (secondary N) is 1. The number of hydrogen-bond acceptors (Lipinski definition) is 3. The van der Waals surface area contributed by atoms with Crippen molar-refractivity contribution >= 4 is 16.9 Å². The third kappa shape index (κ3) is 3.19. The fourth-order valence-corrected chi connectivity index (χ4v) is 2.52. The van der Waals surface area contributed by atoms with Gasteiger partial charge in [-0.3, -0.25) is 4.99 Å². The lowest BCUT2D eigenvalue weighted by molar-refractivity contribution is 0.446. The molecule has 1 unspecified atom stereocenters. The number of aliphatic imine (C=N–C) groups is 1. The van der Waals surface area contributed by atoms with Crippen LogP contribution in [0.4, 0.5) is 0 Å². The number of rotatable bonds is 3. The third-order valence-corrected chi connectivity index (χ3v) is 3.76.